The lowest BCUT2D eigenvalue weighted by Crippen LogP contribution is -2.18. The first-order valence-electron chi connectivity index (χ1n) is 8.38. The monoisotopic (exact) mass is 288 g/mol. The molecule has 2 rings (SSSR count). The van der Waals surface area contributed by atoms with Crippen molar-refractivity contribution in [2.75, 3.05) is 11.9 Å². The Bertz CT molecular complexity index is 439. The SMILES string of the molecule is CCNCc1ccccc1NC(=O)CCC1CCCCC1. The van der Waals surface area contributed by atoms with E-state index in [2.05, 4.69) is 23.6 Å². The number of hydrogen-bond acceptors (Lipinski definition) is 2. The number of hydrogen-bond donors (Lipinski definition) is 2. The molecular formula is C18H28N2O. The van der Waals surface area contributed by atoms with E-state index >= 15 is 0 Å². The van der Waals surface area contributed by atoms with Crippen LogP contribution in [0.3, 0.4) is 0 Å². The third-order valence-electron chi connectivity index (χ3n) is 4.36. The van der Waals surface area contributed by atoms with E-state index in [1.54, 1.807) is 0 Å². The topological polar surface area (TPSA) is 41.1 Å². The van der Waals surface area contributed by atoms with Gasteiger partial charge in [0.1, 0.15) is 0 Å². The highest BCUT2D eigenvalue weighted by Gasteiger charge is 2.15. The highest BCUT2D eigenvalue weighted by Crippen LogP contribution is 2.27. The zero-order valence-corrected chi connectivity index (χ0v) is 13.2. The molecule has 1 aromatic carbocycles. The molecule has 1 aliphatic rings. The summed E-state index contributed by atoms with van der Waals surface area (Å²) in [5.74, 6) is 0.922. The van der Waals surface area contributed by atoms with Crippen molar-refractivity contribution in [1.82, 2.24) is 5.32 Å². The van der Waals surface area contributed by atoms with Crippen LogP contribution in [0.5, 0.6) is 0 Å². The number of para-hydroxylation sites is 1. The predicted molar refractivity (Wildman–Crippen MR) is 88.3 cm³/mol. The Hall–Kier alpha value is -1.35. The molecule has 1 fully saturated rings. The molecule has 0 aromatic heterocycles. The minimum absolute atomic E-state index is 0.157. The van der Waals surface area contributed by atoms with Crippen LogP contribution < -0.4 is 10.6 Å². The number of carbonyl (C=O) groups excluding carboxylic acids is 1. The van der Waals surface area contributed by atoms with Crippen molar-refractivity contribution in [3.63, 3.8) is 0 Å². The molecule has 0 atom stereocenters. The summed E-state index contributed by atoms with van der Waals surface area (Å²) in [7, 11) is 0. The van der Waals surface area contributed by atoms with Crippen LogP contribution in [0.15, 0.2) is 24.3 Å². The molecule has 1 aliphatic carbocycles. The van der Waals surface area contributed by atoms with Gasteiger partial charge in [-0.05, 0) is 30.5 Å². The normalized spacial score (nSPS) is 15.9. The first-order valence-corrected chi connectivity index (χ1v) is 8.38. The van der Waals surface area contributed by atoms with E-state index in [1.165, 1.54) is 32.1 Å². The molecule has 0 radical (unpaired) electrons. The van der Waals surface area contributed by atoms with Gasteiger partial charge in [0.2, 0.25) is 5.91 Å². The van der Waals surface area contributed by atoms with Crippen molar-refractivity contribution in [3.05, 3.63) is 29.8 Å². The molecular weight excluding hydrogens is 260 g/mol. The van der Waals surface area contributed by atoms with Gasteiger partial charge in [-0.3, -0.25) is 4.79 Å². The highest BCUT2D eigenvalue weighted by atomic mass is 16.1. The second-order valence-electron chi connectivity index (χ2n) is 6.03. The van der Waals surface area contributed by atoms with E-state index in [1.807, 2.05) is 18.2 Å². The summed E-state index contributed by atoms with van der Waals surface area (Å²) < 4.78 is 0. The zero-order valence-electron chi connectivity index (χ0n) is 13.2. The Kier molecular flexibility index (Phi) is 6.74. The van der Waals surface area contributed by atoms with Crippen LogP contribution in [0.25, 0.3) is 0 Å². The lowest BCUT2D eigenvalue weighted by atomic mass is 9.86. The molecule has 1 saturated carbocycles. The van der Waals surface area contributed by atoms with Gasteiger partial charge in [-0.1, -0.05) is 57.2 Å². The molecule has 2 N–H and O–H groups in total. The lowest BCUT2D eigenvalue weighted by molar-refractivity contribution is -0.116. The van der Waals surface area contributed by atoms with E-state index in [9.17, 15) is 4.79 Å². The van der Waals surface area contributed by atoms with Crippen LogP contribution in [-0.2, 0) is 11.3 Å². The van der Waals surface area contributed by atoms with E-state index < -0.39 is 0 Å². The Balaban J connectivity index is 1.81. The summed E-state index contributed by atoms with van der Waals surface area (Å²) in [5, 5.41) is 6.39. The van der Waals surface area contributed by atoms with Gasteiger partial charge in [0.05, 0.1) is 0 Å². The van der Waals surface area contributed by atoms with Crippen molar-refractivity contribution in [2.45, 2.75) is 58.4 Å². The maximum atomic E-state index is 12.1. The number of benzene rings is 1. The van der Waals surface area contributed by atoms with Crippen molar-refractivity contribution in [3.8, 4) is 0 Å². The summed E-state index contributed by atoms with van der Waals surface area (Å²) in [6, 6.07) is 8.06. The summed E-state index contributed by atoms with van der Waals surface area (Å²) in [6.07, 6.45) is 8.38. The number of anilines is 1. The third-order valence-corrected chi connectivity index (χ3v) is 4.36. The van der Waals surface area contributed by atoms with Crippen molar-refractivity contribution >= 4 is 11.6 Å². The average molecular weight is 288 g/mol. The first kappa shape index (κ1) is 16.0. The Morgan fingerprint density at radius 1 is 1.19 bits per heavy atom. The zero-order chi connectivity index (χ0) is 14.9. The predicted octanol–water partition coefficient (Wildman–Crippen LogP) is 4.10. The van der Waals surface area contributed by atoms with Crippen LogP contribution in [0.1, 0.15) is 57.4 Å². The quantitative estimate of drug-likeness (QED) is 0.793. The van der Waals surface area contributed by atoms with Crippen LogP contribution in [0, 0.1) is 5.92 Å². The largest absolute Gasteiger partial charge is 0.326 e. The van der Waals surface area contributed by atoms with Gasteiger partial charge in [-0.25, -0.2) is 0 Å². The van der Waals surface area contributed by atoms with E-state index in [4.69, 9.17) is 0 Å². The van der Waals surface area contributed by atoms with Gasteiger partial charge in [-0.15, -0.1) is 0 Å². The standard InChI is InChI=1S/C18H28N2O/c1-2-19-14-16-10-6-7-11-17(16)20-18(21)13-12-15-8-4-3-5-9-15/h6-7,10-11,15,19H,2-5,8-9,12-14H2,1H3,(H,20,21). The molecule has 0 bridgehead atoms. The van der Waals surface area contributed by atoms with Crippen molar-refractivity contribution < 1.29 is 4.79 Å². The minimum atomic E-state index is 0.157. The van der Waals surface area contributed by atoms with Gasteiger partial charge >= 0.3 is 0 Å². The second-order valence-corrected chi connectivity index (χ2v) is 6.03. The summed E-state index contributed by atoms with van der Waals surface area (Å²) in [6.45, 7) is 3.82. The fourth-order valence-electron chi connectivity index (χ4n) is 3.08. The lowest BCUT2D eigenvalue weighted by Gasteiger charge is -2.21. The fourth-order valence-corrected chi connectivity index (χ4v) is 3.08. The Labute approximate surface area is 128 Å². The molecule has 1 aromatic rings. The van der Waals surface area contributed by atoms with Gasteiger partial charge in [-0.2, -0.15) is 0 Å². The first-order chi connectivity index (χ1) is 10.3. The van der Waals surface area contributed by atoms with Crippen LogP contribution >= 0.6 is 0 Å². The van der Waals surface area contributed by atoms with Gasteiger partial charge < -0.3 is 10.6 Å². The molecule has 3 heteroatoms. The summed E-state index contributed by atoms with van der Waals surface area (Å²) >= 11 is 0. The molecule has 1 amide bonds. The molecule has 3 nitrogen and oxygen atoms in total. The number of rotatable bonds is 7. The number of carbonyl (C=O) groups is 1. The van der Waals surface area contributed by atoms with Crippen molar-refractivity contribution in [1.29, 1.82) is 0 Å². The molecule has 0 aliphatic heterocycles. The number of amides is 1. The van der Waals surface area contributed by atoms with Crippen LogP contribution in [0.2, 0.25) is 0 Å². The average Bonchev–Trinajstić information content (AvgIpc) is 2.53. The molecule has 0 spiro atoms. The molecule has 0 heterocycles. The maximum absolute atomic E-state index is 12.1. The van der Waals surface area contributed by atoms with E-state index in [-0.39, 0.29) is 5.91 Å². The maximum Gasteiger partial charge on any atom is 0.224 e. The Morgan fingerprint density at radius 2 is 1.95 bits per heavy atom. The third kappa shape index (κ3) is 5.50. The molecule has 116 valence electrons. The molecule has 21 heavy (non-hydrogen) atoms. The minimum Gasteiger partial charge on any atom is -0.326 e. The van der Waals surface area contributed by atoms with Crippen LogP contribution in [0.4, 0.5) is 5.69 Å². The highest BCUT2D eigenvalue weighted by molar-refractivity contribution is 5.91. The van der Waals surface area contributed by atoms with Gasteiger partial charge in [0, 0.05) is 18.7 Å². The molecule has 0 saturated heterocycles. The fraction of sp³-hybridized carbons (Fsp3) is 0.611. The summed E-state index contributed by atoms with van der Waals surface area (Å²) in [4.78, 5) is 12.1. The van der Waals surface area contributed by atoms with Gasteiger partial charge in [0.25, 0.3) is 0 Å². The molecule has 0 unspecified atom stereocenters. The van der Waals surface area contributed by atoms with E-state index in [0.29, 0.717) is 6.42 Å². The van der Waals surface area contributed by atoms with Crippen LogP contribution in [-0.4, -0.2) is 12.5 Å². The second kappa shape index (κ2) is 8.83. The Morgan fingerprint density at radius 3 is 2.71 bits per heavy atom. The van der Waals surface area contributed by atoms with E-state index in [0.717, 1.165) is 36.7 Å². The van der Waals surface area contributed by atoms with Gasteiger partial charge in [0.15, 0.2) is 0 Å². The number of nitrogens with one attached hydrogen (secondary N) is 2. The van der Waals surface area contributed by atoms with Crippen molar-refractivity contribution in [2.24, 2.45) is 5.92 Å². The summed E-state index contributed by atoms with van der Waals surface area (Å²) in [5.41, 5.74) is 2.11. The smallest absolute Gasteiger partial charge is 0.224 e.